The first kappa shape index (κ1) is 16.6. The molecule has 25 heavy (non-hydrogen) atoms. The van der Waals surface area contributed by atoms with Crippen molar-refractivity contribution in [2.75, 3.05) is 26.2 Å². The van der Waals surface area contributed by atoms with Crippen LogP contribution in [0.1, 0.15) is 42.7 Å². The Morgan fingerprint density at radius 1 is 1.36 bits per heavy atom. The third-order valence-electron chi connectivity index (χ3n) is 5.89. The number of carbonyl (C=O) groups excluding carboxylic acids is 2. The summed E-state index contributed by atoms with van der Waals surface area (Å²) in [4.78, 5) is 28.9. The molecule has 0 aliphatic carbocycles. The SMILES string of the molecule is Cc1noc(C)c1CN1CC2(CCN(C(=O)[C@H]3CCCO3)C2)CC1=O. The first-order chi connectivity index (χ1) is 12.0. The molecular weight excluding hydrogens is 322 g/mol. The van der Waals surface area contributed by atoms with Crippen LogP contribution in [0.4, 0.5) is 0 Å². The summed E-state index contributed by atoms with van der Waals surface area (Å²) in [5.41, 5.74) is 1.73. The molecule has 0 saturated carbocycles. The van der Waals surface area contributed by atoms with Crippen molar-refractivity contribution >= 4 is 11.8 Å². The maximum absolute atomic E-state index is 12.6. The lowest BCUT2D eigenvalue weighted by atomic mass is 9.86. The lowest BCUT2D eigenvalue weighted by molar-refractivity contribution is -0.140. The molecule has 1 aromatic heterocycles. The summed E-state index contributed by atoms with van der Waals surface area (Å²) in [6.07, 6.45) is 2.91. The van der Waals surface area contributed by atoms with Crippen molar-refractivity contribution < 1.29 is 18.8 Å². The Balaban J connectivity index is 1.42. The fourth-order valence-corrected chi connectivity index (χ4v) is 4.42. The van der Waals surface area contributed by atoms with E-state index in [1.165, 1.54) is 0 Å². The highest BCUT2D eigenvalue weighted by atomic mass is 16.5. The minimum absolute atomic E-state index is 0.103. The van der Waals surface area contributed by atoms with E-state index in [1.807, 2.05) is 23.6 Å². The van der Waals surface area contributed by atoms with Crippen molar-refractivity contribution in [2.24, 2.45) is 5.41 Å². The molecule has 2 atom stereocenters. The smallest absolute Gasteiger partial charge is 0.251 e. The molecule has 0 aromatic carbocycles. The third-order valence-corrected chi connectivity index (χ3v) is 5.89. The molecular formula is C18H25N3O4. The first-order valence-corrected chi connectivity index (χ1v) is 9.07. The van der Waals surface area contributed by atoms with Gasteiger partial charge in [-0.15, -0.1) is 0 Å². The second kappa shape index (κ2) is 6.12. The number of likely N-dealkylation sites (tertiary alicyclic amines) is 2. The highest BCUT2D eigenvalue weighted by Gasteiger charge is 2.49. The largest absolute Gasteiger partial charge is 0.368 e. The van der Waals surface area contributed by atoms with Crippen LogP contribution < -0.4 is 0 Å². The first-order valence-electron chi connectivity index (χ1n) is 9.07. The number of aromatic nitrogens is 1. The molecule has 1 unspecified atom stereocenters. The molecule has 3 aliphatic rings. The summed E-state index contributed by atoms with van der Waals surface area (Å²) < 4.78 is 10.7. The number of nitrogens with zero attached hydrogens (tertiary/aromatic N) is 3. The summed E-state index contributed by atoms with van der Waals surface area (Å²) in [6.45, 7) is 7.09. The van der Waals surface area contributed by atoms with Crippen LogP contribution in [0.5, 0.6) is 0 Å². The molecule has 7 nitrogen and oxygen atoms in total. The summed E-state index contributed by atoms with van der Waals surface area (Å²) in [5, 5.41) is 3.97. The molecule has 0 radical (unpaired) electrons. The Morgan fingerprint density at radius 3 is 2.88 bits per heavy atom. The molecule has 2 amide bonds. The lowest BCUT2D eigenvalue weighted by Gasteiger charge is -2.25. The number of carbonyl (C=O) groups is 2. The van der Waals surface area contributed by atoms with Crippen LogP contribution in [0, 0.1) is 19.3 Å². The normalized spacial score (nSPS) is 29.4. The summed E-state index contributed by atoms with van der Waals surface area (Å²) in [6, 6.07) is 0. The van der Waals surface area contributed by atoms with Crippen LogP contribution >= 0.6 is 0 Å². The van der Waals surface area contributed by atoms with Crippen molar-refractivity contribution in [3.05, 3.63) is 17.0 Å². The maximum Gasteiger partial charge on any atom is 0.251 e. The average Bonchev–Trinajstić information content (AvgIpc) is 3.34. The van der Waals surface area contributed by atoms with Crippen LogP contribution in [-0.4, -0.2) is 59.1 Å². The van der Waals surface area contributed by atoms with E-state index in [0.29, 0.717) is 32.7 Å². The highest BCUT2D eigenvalue weighted by Crippen LogP contribution is 2.41. The number of hydrogen-bond donors (Lipinski definition) is 0. The molecule has 1 spiro atoms. The quantitative estimate of drug-likeness (QED) is 0.827. The van der Waals surface area contributed by atoms with Gasteiger partial charge in [-0.1, -0.05) is 5.16 Å². The molecule has 3 saturated heterocycles. The molecule has 0 N–H and O–H groups in total. The van der Waals surface area contributed by atoms with Gasteiger partial charge in [0.25, 0.3) is 5.91 Å². The zero-order chi connectivity index (χ0) is 17.6. The van der Waals surface area contributed by atoms with Crippen molar-refractivity contribution in [1.82, 2.24) is 15.0 Å². The van der Waals surface area contributed by atoms with E-state index in [1.54, 1.807) is 0 Å². The highest BCUT2D eigenvalue weighted by molar-refractivity contribution is 5.83. The maximum atomic E-state index is 12.6. The molecule has 3 aliphatic heterocycles. The Hall–Kier alpha value is -1.89. The van der Waals surface area contributed by atoms with Crippen molar-refractivity contribution in [3.63, 3.8) is 0 Å². The Bertz CT molecular complexity index is 675. The van der Waals surface area contributed by atoms with Crippen LogP contribution in [0.3, 0.4) is 0 Å². The van der Waals surface area contributed by atoms with Gasteiger partial charge < -0.3 is 19.1 Å². The predicted molar refractivity (Wildman–Crippen MR) is 88.6 cm³/mol. The third kappa shape index (κ3) is 2.94. The zero-order valence-electron chi connectivity index (χ0n) is 14.9. The minimum atomic E-state index is -0.273. The van der Waals surface area contributed by atoms with Gasteiger partial charge in [-0.05, 0) is 33.1 Å². The van der Waals surface area contributed by atoms with E-state index < -0.39 is 0 Å². The lowest BCUT2D eigenvalue weighted by Crippen LogP contribution is -2.39. The summed E-state index contributed by atoms with van der Waals surface area (Å²) in [7, 11) is 0. The van der Waals surface area contributed by atoms with Gasteiger partial charge in [0.1, 0.15) is 11.9 Å². The Kier molecular flexibility index (Phi) is 4.06. The van der Waals surface area contributed by atoms with Gasteiger partial charge in [-0.3, -0.25) is 9.59 Å². The number of ether oxygens (including phenoxy) is 1. The van der Waals surface area contributed by atoms with E-state index in [0.717, 1.165) is 42.8 Å². The van der Waals surface area contributed by atoms with Gasteiger partial charge in [0.2, 0.25) is 5.91 Å². The number of aryl methyl sites for hydroxylation is 2. The van der Waals surface area contributed by atoms with Crippen LogP contribution in [0.2, 0.25) is 0 Å². The Morgan fingerprint density at radius 2 is 2.20 bits per heavy atom. The number of rotatable bonds is 3. The molecule has 136 valence electrons. The van der Waals surface area contributed by atoms with E-state index in [2.05, 4.69) is 5.16 Å². The van der Waals surface area contributed by atoms with Crippen LogP contribution in [0.15, 0.2) is 4.52 Å². The van der Waals surface area contributed by atoms with Crippen molar-refractivity contribution in [3.8, 4) is 0 Å². The fourth-order valence-electron chi connectivity index (χ4n) is 4.42. The predicted octanol–water partition coefficient (Wildman–Crippen LogP) is 1.42. The minimum Gasteiger partial charge on any atom is -0.368 e. The van der Waals surface area contributed by atoms with Gasteiger partial charge >= 0.3 is 0 Å². The van der Waals surface area contributed by atoms with Gasteiger partial charge in [0, 0.05) is 43.6 Å². The monoisotopic (exact) mass is 347 g/mol. The topological polar surface area (TPSA) is 75.9 Å². The summed E-state index contributed by atoms with van der Waals surface area (Å²) in [5.74, 6) is 1.03. The zero-order valence-corrected chi connectivity index (χ0v) is 14.9. The van der Waals surface area contributed by atoms with E-state index >= 15 is 0 Å². The number of amides is 2. The number of hydrogen-bond acceptors (Lipinski definition) is 5. The molecule has 4 rings (SSSR count). The average molecular weight is 347 g/mol. The van der Waals surface area contributed by atoms with E-state index in [9.17, 15) is 9.59 Å². The van der Waals surface area contributed by atoms with Crippen LogP contribution in [0.25, 0.3) is 0 Å². The van der Waals surface area contributed by atoms with E-state index in [-0.39, 0.29) is 23.3 Å². The van der Waals surface area contributed by atoms with E-state index in [4.69, 9.17) is 9.26 Å². The Labute approximate surface area is 147 Å². The van der Waals surface area contributed by atoms with Crippen molar-refractivity contribution in [2.45, 2.75) is 52.2 Å². The molecule has 4 heterocycles. The molecule has 7 heteroatoms. The van der Waals surface area contributed by atoms with Gasteiger partial charge in [0.05, 0.1) is 12.2 Å². The van der Waals surface area contributed by atoms with Gasteiger partial charge in [0.15, 0.2) is 0 Å². The molecule has 1 aromatic rings. The summed E-state index contributed by atoms with van der Waals surface area (Å²) >= 11 is 0. The van der Waals surface area contributed by atoms with Gasteiger partial charge in [-0.25, -0.2) is 0 Å². The standard InChI is InChI=1S/C18H25N3O4/c1-12-14(13(2)25-19-12)9-21-11-18(8-16(21)22)5-6-20(10-18)17(23)15-4-3-7-24-15/h15H,3-11H2,1-2H3/t15-,18?/m1/s1. The second-order valence-electron chi connectivity index (χ2n) is 7.74. The van der Waals surface area contributed by atoms with Gasteiger partial charge in [-0.2, -0.15) is 0 Å². The second-order valence-corrected chi connectivity index (χ2v) is 7.74. The molecule has 3 fully saturated rings. The molecule has 0 bridgehead atoms. The van der Waals surface area contributed by atoms with Crippen LogP contribution in [-0.2, 0) is 20.9 Å². The fraction of sp³-hybridized carbons (Fsp3) is 0.722. The van der Waals surface area contributed by atoms with Crippen molar-refractivity contribution in [1.29, 1.82) is 0 Å².